The first-order chi connectivity index (χ1) is 23.0. The van der Waals surface area contributed by atoms with E-state index in [0.29, 0.717) is 62.8 Å². The number of halogens is 1. The van der Waals surface area contributed by atoms with Crippen LogP contribution < -0.4 is 5.56 Å². The fourth-order valence-electron chi connectivity index (χ4n) is 7.86. The molecule has 2 fully saturated rings. The van der Waals surface area contributed by atoms with Gasteiger partial charge in [0.25, 0.3) is 5.56 Å². The lowest BCUT2D eigenvalue weighted by atomic mass is 9.93. The first-order valence-electron chi connectivity index (χ1n) is 17.3. The third kappa shape index (κ3) is 6.47. The van der Waals surface area contributed by atoms with Gasteiger partial charge in [0, 0.05) is 70.0 Å². The number of ether oxygens (including phenoxy) is 2. The molecular formula is C36H49ClN6O5Si. The number of aromatic nitrogens is 5. The third-order valence-electron chi connectivity index (χ3n) is 10.3. The number of rotatable bonds is 10. The van der Waals surface area contributed by atoms with Gasteiger partial charge < -0.3 is 18.9 Å². The smallest absolute Gasteiger partial charge is 0.410 e. The molecule has 264 valence electrons. The van der Waals surface area contributed by atoms with Gasteiger partial charge in [0.05, 0.1) is 15.9 Å². The van der Waals surface area contributed by atoms with Crippen molar-refractivity contribution in [3.8, 4) is 11.1 Å². The Kier molecular flexibility index (Phi) is 9.38. The summed E-state index contributed by atoms with van der Waals surface area (Å²) in [6, 6.07) is 4.71. The fraction of sp³-hybridized carbons (Fsp3) is 0.583. The Morgan fingerprint density at radius 1 is 1.16 bits per heavy atom. The predicted octanol–water partition coefficient (Wildman–Crippen LogP) is 7.30. The number of hydrogen-bond donors (Lipinski definition) is 0. The van der Waals surface area contributed by atoms with Crippen LogP contribution in [0, 0.1) is 11.8 Å². The zero-order valence-electron chi connectivity index (χ0n) is 30.2. The van der Waals surface area contributed by atoms with Crippen LogP contribution in [-0.2, 0) is 29.8 Å². The van der Waals surface area contributed by atoms with E-state index in [9.17, 15) is 14.4 Å². The van der Waals surface area contributed by atoms with E-state index in [0.717, 1.165) is 37.4 Å². The fourth-order valence-corrected chi connectivity index (χ4v) is 8.98. The maximum absolute atomic E-state index is 14.5. The van der Waals surface area contributed by atoms with Crippen molar-refractivity contribution < 1.29 is 19.1 Å². The van der Waals surface area contributed by atoms with Gasteiger partial charge in [-0.3, -0.25) is 18.8 Å². The molecule has 3 heterocycles. The van der Waals surface area contributed by atoms with E-state index in [1.54, 1.807) is 21.2 Å². The standard InChI is InChI=1S/C36H49ClN6O5Si/c1-10-43-27(19-44)30-25(39-43)14-13-22(31(30)37)24-18-42(20-47-15-16-49(7,8)9)33-29(24)34(45)41(6)32(38-33)28-21-11-12-23(28)26(17-21)40(5)35(46)48-36(2,3)4/h13-14,18-19,21,23,26,28H,10-12,15-17,20H2,1-9H3/t21-,23?,26+,28?/m0/s1. The summed E-state index contributed by atoms with van der Waals surface area (Å²) < 4.78 is 17.2. The summed E-state index contributed by atoms with van der Waals surface area (Å²) in [4.78, 5) is 46.8. The molecule has 0 N–H and O–H groups in total. The molecule has 4 atom stereocenters. The summed E-state index contributed by atoms with van der Waals surface area (Å²) in [5.41, 5.74) is 2.07. The van der Waals surface area contributed by atoms with Crippen LogP contribution in [0.5, 0.6) is 0 Å². The highest BCUT2D eigenvalue weighted by molar-refractivity contribution is 6.76. The molecule has 2 aliphatic carbocycles. The molecule has 0 spiro atoms. The first kappa shape index (κ1) is 35.3. The lowest BCUT2D eigenvalue weighted by molar-refractivity contribution is 0.0167. The van der Waals surface area contributed by atoms with Crippen molar-refractivity contribution in [1.82, 2.24) is 28.8 Å². The van der Waals surface area contributed by atoms with Crippen molar-refractivity contribution in [2.75, 3.05) is 13.7 Å². The van der Waals surface area contributed by atoms with Crippen molar-refractivity contribution in [1.29, 1.82) is 0 Å². The summed E-state index contributed by atoms with van der Waals surface area (Å²) in [5.74, 6) is 1.20. The SMILES string of the molecule is CCn1nc2ccc(-c3cn(COCC[Si](C)(C)C)c4nc(C5C6CC[C@H]5C[C@H]6N(C)C(=O)OC(C)(C)C)n(C)c(=O)c34)c(Cl)c2c1C=O. The number of amides is 1. The maximum Gasteiger partial charge on any atom is 0.410 e. The molecule has 13 heteroatoms. The Labute approximate surface area is 293 Å². The Morgan fingerprint density at radius 3 is 2.55 bits per heavy atom. The zero-order valence-corrected chi connectivity index (χ0v) is 31.9. The maximum atomic E-state index is 14.5. The molecule has 0 radical (unpaired) electrons. The largest absolute Gasteiger partial charge is 0.444 e. The van der Waals surface area contributed by atoms with Crippen LogP contribution in [-0.4, -0.2) is 74.5 Å². The second-order valence-corrected chi connectivity index (χ2v) is 22.0. The van der Waals surface area contributed by atoms with E-state index in [2.05, 4.69) is 24.7 Å². The van der Waals surface area contributed by atoms with Gasteiger partial charge >= 0.3 is 6.09 Å². The van der Waals surface area contributed by atoms with Crippen molar-refractivity contribution >= 4 is 54.0 Å². The Morgan fingerprint density at radius 2 is 1.90 bits per heavy atom. The van der Waals surface area contributed by atoms with E-state index < -0.39 is 13.7 Å². The molecule has 6 rings (SSSR count). The lowest BCUT2D eigenvalue weighted by Crippen LogP contribution is -2.43. The molecule has 2 saturated carbocycles. The summed E-state index contributed by atoms with van der Waals surface area (Å²) >= 11 is 7.08. The summed E-state index contributed by atoms with van der Waals surface area (Å²) in [6.45, 7) is 15.8. The quantitative estimate of drug-likeness (QED) is 0.0965. The van der Waals surface area contributed by atoms with Crippen LogP contribution in [0.3, 0.4) is 0 Å². The van der Waals surface area contributed by atoms with E-state index in [1.807, 2.05) is 57.6 Å². The second kappa shape index (κ2) is 13.0. The highest BCUT2D eigenvalue weighted by Crippen LogP contribution is 2.55. The van der Waals surface area contributed by atoms with Crippen LogP contribution in [0.25, 0.3) is 33.1 Å². The Hall–Kier alpha value is -3.48. The molecule has 2 unspecified atom stereocenters. The minimum absolute atomic E-state index is 0.0000277. The van der Waals surface area contributed by atoms with Crippen LogP contribution in [0.4, 0.5) is 4.79 Å². The van der Waals surface area contributed by atoms with Crippen LogP contribution in [0.1, 0.15) is 69.2 Å². The molecular weight excluding hydrogens is 660 g/mol. The first-order valence-corrected chi connectivity index (χ1v) is 21.4. The predicted molar refractivity (Wildman–Crippen MR) is 195 cm³/mol. The monoisotopic (exact) mass is 708 g/mol. The molecule has 49 heavy (non-hydrogen) atoms. The van der Waals surface area contributed by atoms with Gasteiger partial charge in [-0.05, 0) is 70.9 Å². The molecule has 4 aromatic rings. The van der Waals surface area contributed by atoms with Gasteiger partial charge in [-0.2, -0.15) is 5.10 Å². The van der Waals surface area contributed by atoms with E-state index >= 15 is 0 Å². The lowest BCUT2D eigenvalue weighted by Gasteiger charge is -2.33. The number of carbonyl (C=O) groups is 2. The number of fused-ring (bicyclic) bond motifs is 4. The number of aryl methyl sites for hydroxylation is 1. The number of aldehydes is 1. The van der Waals surface area contributed by atoms with Gasteiger partial charge in [0.2, 0.25) is 0 Å². The molecule has 0 saturated heterocycles. The number of carbonyl (C=O) groups excluding carboxylic acids is 2. The second-order valence-electron chi connectivity index (χ2n) is 16.0. The molecule has 11 nitrogen and oxygen atoms in total. The highest BCUT2D eigenvalue weighted by atomic mass is 35.5. The molecule has 1 aromatic carbocycles. The number of hydrogen-bond acceptors (Lipinski definition) is 7. The van der Waals surface area contributed by atoms with Gasteiger partial charge in [-0.25, -0.2) is 9.78 Å². The number of benzene rings is 1. The van der Waals surface area contributed by atoms with Crippen molar-refractivity contribution in [3.05, 3.63) is 45.2 Å². The Bertz CT molecular complexity index is 1990. The summed E-state index contributed by atoms with van der Waals surface area (Å²) in [6.07, 6.45) is 5.16. The minimum Gasteiger partial charge on any atom is -0.444 e. The van der Waals surface area contributed by atoms with Gasteiger partial charge in [-0.1, -0.05) is 37.3 Å². The van der Waals surface area contributed by atoms with Gasteiger partial charge in [0.15, 0.2) is 6.29 Å². The molecule has 2 aliphatic rings. The number of nitrogens with zero attached hydrogens (tertiary/aromatic N) is 6. The van der Waals surface area contributed by atoms with Crippen LogP contribution in [0.2, 0.25) is 30.7 Å². The zero-order chi connectivity index (χ0) is 35.6. The van der Waals surface area contributed by atoms with Gasteiger partial charge in [0.1, 0.15) is 29.5 Å². The van der Waals surface area contributed by atoms with E-state index in [1.165, 1.54) is 0 Å². The average Bonchev–Trinajstić information content (AvgIpc) is 3.79. The van der Waals surface area contributed by atoms with Crippen molar-refractivity contribution in [3.63, 3.8) is 0 Å². The Balaban J connectivity index is 1.46. The summed E-state index contributed by atoms with van der Waals surface area (Å²) in [5, 5.41) is 5.94. The van der Waals surface area contributed by atoms with E-state index in [-0.39, 0.29) is 36.3 Å². The molecule has 2 bridgehead atoms. The molecule has 0 aliphatic heterocycles. The van der Waals surface area contributed by atoms with Crippen molar-refractivity contribution in [2.24, 2.45) is 18.9 Å². The highest BCUT2D eigenvalue weighted by Gasteiger charge is 2.52. The average molecular weight is 709 g/mol. The van der Waals surface area contributed by atoms with Gasteiger partial charge in [-0.15, -0.1) is 0 Å². The van der Waals surface area contributed by atoms with Crippen LogP contribution >= 0.6 is 11.6 Å². The van der Waals surface area contributed by atoms with E-state index in [4.69, 9.17) is 26.1 Å². The summed E-state index contributed by atoms with van der Waals surface area (Å²) in [7, 11) is 2.29. The normalized spacial score (nSPS) is 20.9. The topological polar surface area (TPSA) is 113 Å². The molecule has 1 amide bonds. The third-order valence-corrected chi connectivity index (χ3v) is 12.4. The molecule has 3 aromatic heterocycles. The van der Waals surface area contributed by atoms with Crippen LogP contribution in [0.15, 0.2) is 23.1 Å². The van der Waals surface area contributed by atoms with Crippen molar-refractivity contribution in [2.45, 2.75) is 103 Å². The minimum atomic E-state index is -1.32.